The number of aryl methyl sites for hydroxylation is 2. The van der Waals surface area contributed by atoms with E-state index in [4.69, 9.17) is 9.97 Å². The molecular formula is C11H16N2S2Si2. The lowest BCUT2D eigenvalue weighted by Crippen LogP contribution is -2.61. The third-order valence-electron chi connectivity index (χ3n) is 3.78. The summed E-state index contributed by atoms with van der Waals surface area (Å²) in [6.07, 6.45) is 0. The van der Waals surface area contributed by atoms with Crippen LogP contribution in [0.2, 0.25) is 19.6 Å². The van der Waals surface area contributed by atoms with Crippen LogP contribution < -0.4 is 9.00 Å². The van der Waals surface area contributed by atoms with Crippen molar-refractivity contribution in [2.45, 2.75) is 33.5 Å². The molecule has 0 spiro atoms. The standard InChI is InChI=1S/C11H16N2S2Si2/c1-6-12-8-9-11(15-7(2)13-9)17(4,5)16(3)10(8)14-6/h16H,1-5H3. The van der Waals surface area contributed by atoms with Gasteiger partial charge in [-0.05, 0) is 13.8 Å². The van der Waals surface area contributed by atoms with E-state index < -0.39 is 15.9 Å². The van der Waals surface area contributed by atoms with Crippen molar-refractivity contribution < 1.29 is 0 Å². The van der Waals surface area contributed by atoms with E-state index in [-0.39, 0.29) is 0 Å². The van der Waals surface area contributed by atoms with E-state index in [0.29, 0.717) is 0 Å². The molecule has 1 aliphatic heterocycles. The highest BCUT2D eigenvalue weighted by Crippen LogP contribution is 2.30. The molecule has 0 aromatic carbocycles. The van der Waals surface area contributed by atoms with Crippen molar-refractivity contribution in [3.63, 3.8) is 0 Å². The molecule has 6 heteroatoms. The molecule has 17 heavy (non-hydrogen) atoms. The highest BCUT2D eigenvalue weighted by molar-refractivity contribution is 7.53. The van der Waals surface area contributed by atoms with Gasteiger partial charge in [0, 0.05) is 9.00 Å². The predicted octanol–water partition coefficient (Wildman–Crippen LogP) is 1.95. The van der Waals surface area contributed by atoms with Gasteiger partial charge < -0.3 is 0 Å². The molecule has 1 aliphatic rings. The zero-order valence-corrected chi connectivity index (χ0v) is 14.6. The van der Waals surface area contributed by atoms with Crippen molar-refractivity contribution in [3.8, 4) is 11.4 Å². The minimum atomic E-state index is -1.27. The zero-order chi connectivity index (χ0) is 12.4. The maximum absolute atomic E-state index is 4.76. The smallest absolute Gasteiger partial charge is 0.0992 e. The van der Waals surface area contributed by atoms with E-state index in [1.165, 1.54) is 21.4 Å². The molecular weight excluding hydrogens is 280 g/mol. The second-order valence-corrected chi connectivity index (χ2v) is 21.4. The Morgan fingerprint density at radius 1 is 1.00 bits per heavy atom. The van der Waals surface area contributed by atoms with E-state index in [1.807, 2.05) is 22.7 Å². The fraction of sp³-hybridized carbons (Fsp3) is 0.455. The Morgan fingerprint density at radius 3 is 2.29 bits per heavy atom. The first-order valence-electron chi connectivity index (χ1n) is 5.87. The number of nitrogens with zero attached hydrogens (tertiary/aromatic N) is 2. The van der Waals surface area contributed by atoms with Crippen LogP contribution in [-0.2, 0) is 0 Å². The van der Waals surface area contributed by atoms with Gasteiger partial charge in [-0.3, -0.25) is 0 Å². The number of aromatic nitrogens is 2. The summed E-state index contributed by atoms with van der Waals surface area (Å²) in [7, 11) is -2.11. The van der Waals surface area contributed by atoms with E-state index in [9.17, 15) is 0 Å². The second kappa shape index (κ2) is 3.60. The zero-order valence-electron chi connectivity index (χ0n) is 10.8. The predicted molar refractivity (Wildman–Crippen MR) is 82.5 cm³/mol. The van der Waals surface area contributed by atoms with Gasteiger partial charge in [0.1, 0.15) is 0 Å². The molecule has 2 aromatic heterocycles. The molecule has 0 amide bonds. The van der Waals surface area contributed by atoms with Crippen LogP contribution in [0.25, 0.3) is 11.4 Å². The summed E-state index contributed by atoms with van der Waals surface area (Å²) in [6.45, 7) is 11.8. The quantitative estimate of drug-likeness (QED) is 0.695. The Hall–Kier alpha value is -0.306. The highest BCUT2D eigenvalue weighted by atomic mass is 32.1. The van der Waals surface area contributed by atoms with E-state index in [0.717, 1.165) is 0 Å². The monoisotopic (exact) mass is 296 g/mol. The Balaban J connectivity index is 2.36. The molecule has 0 saturated carbocycles. The summed E-state index contributed by atoms with van der Waals surface area (Å²) < 4.78 is 3.21. The Bertz CT molecular complexity index is 601. The molecule has 0 fully saturated rings. The molecule has 2 aromatic rings. The van der Waals surface area contributed by atoms with Gasteiger partial charge in [-0.1, -0.05) is 19.6 Å². The van der Waals surface area contributed by atoms with Crippen LogP contribution in [0.15, 0.2) is 0 Å². The summed E-state index contributed by atoms with van der Waals surface area (Å²) in [5.41, 5.74) is 2.46. The summed E-state index contributed by atoms with van der Waals surface area (Å²) in [5.74, 6) is 0. The number of hydrogen-bond acceptors (Lipinski definition) is 4. The van der Waals surface area contributed by atoms with E-state index >= 15 is 0 Å². The van der Waals surface area contributed by atoms with Gasteiger partial charge in [0.05, 0.1) is 37.3 Å². The highest BCUT2D eigenvalue weighted by Gasteiger charge is 2.44. The van der Waals surface area contributed by atoms with Gasteiger partial charge in [-0.2, -0.15) is 0 Å². The van der Waals surface area contributed by atoms with Crippen molar-refractivity contribution in [2.24, 2.45) is 0 Å². The van der Waals surface area contributed by atoms with Gasteiger partial charge in [0.2, 0.25) is 0 Å². The summed E-state index contributed by atoms with van der Waals surface area (Å²) in [5, 5.41) is 2.41. The van der Waals surface area contributed by atoms with Crippen molar-refractivity contribution in [1.82, 2.24) is 9.97 Å². The lowest BCUT2D eigenvalue weighted by Gasteiger charge is -2.31. The molecule has 0 N–H and O–H groups in total. The van der Waals surface area contributed by atoms with Gasteiger partial charge in [0.15, 0.2) is 0 Å². The molecule has 0 radical (unpaired) electrons. The Morgan fingerprint density at radius 2 is 1.59 bits per heavy atom. The van der Waals surface area contributed by atoms with E-state index in [1.54, 1.807) is 9.00 Å². The SMILES string of the molecule is Cc1nc2c(s1)[SiH](C)[Si](C)(C)c1sc(C)nc1-2. The summed E-state index contributed by atoms with van der Waals surface area (Å²) in [6, 6.07) is 0. The first kappa shape index (κ1) is 11.8. The Kier molecular flexibility index (Phi) is 2.49. The maximum Gasteiger partial charge on any atom is 0.0992 e. The summed E-state index contributed by atoms with van der Waals surface area (Å²) >= 11 is 3.85. The lowest BCUT2D eigenvalue weighted by molar-refractivity contribution is 1.24. The normalized spacial score (nSPS) is 21.1. The first-order chi connectivity index (χ1) is 7.91. The molecule has 1 unspecified atom stereocenters. The molecule has 0 saturated heterocycles. The molecule has 3 heterocycles. The van der Waals surface area contributed by atoms with Gasteiger partial charge in [-0.25, -0.2) is 9.97 Å². The average molecular weight is 297 g/mol. The van der Waals surface area contributed by atoms with E-state index in [2.05, 4.69) is 33.5 Å². The fourth-order valence-corrected chi connectivity index (χ4v) is 18.2. The van der Waals surface area contributed by atoms with Crippen LogP contribution >= 0.6 is 22.7 Å². The number of rotatable bonds is 0. The van der Waals surface area contributed by atoms with Crippen LogP contribution in [-0.4, -0.2) is 25.9 Å². The summed E-state index contributed by atoms with van der Waals surface area (Å²) in [4.78, 5) is 9.50. The van der Waals surface area contributed by atoms with Crippen LogP contribution in [0.3, 0.4) is 0 Å². The fourth-order valence-electron chi connectivity index (χ4n) is 2.45. The molecule has 2 nitrogen and oxygen atoms in total. The topological polar surface area (TPSA) is 25.8 Å². The van der Waals surface area contributed by atoms with Gasteiger partial charge in [-0.15, -0.1) is 22.7 Å². The third-order valence-corrected chi connectivity index (χ3v) is 22.8. The van der Waals surface area contributed by atoms with Crippen LogP contribution in [0.5, 0.6) is 0 Å². The average Bonchev–Trinajstić information content (AvgIpc) is 2.79. The van der Waals surface area contributed by atoms with Gasteiger partial charge in [0.25, 0.3) is 0 Å². The first-order valence-corrected chi connectivity index (χ1v) is 14.0. The number of thiazole rings is 2. The lowest BCUT2D eigenvalue weighted by atomic mass is 10.4. The van der Waals surface area contributed by atoms with Gasteiger partial charge >= 0.3 is 0 Å². The number of fused-ring (bicyclic) bond motifs is 3. The third kappa shape index (κ3) is 1.54. The molecule has 90 valence electrons. The van der Waals surface area contributed by atoms with Crippen LogP contribution in [0.1, 0.15) is 10.0 Å². The Labute approximate surface area is 112 Å². The molecule has 0 aliphatic carbocycles. The van der Waals surface area contributed by atoms with Crippen molar-refractivity contribution >= 4 is 47.6 Å². The largest absolute Gasteiger partial charge is 0.240 e. The minimum Gasteiger partial charge on any atom is -0.240 e. The second-order valence-electron chi connectivity index (χ2n) is 5.30. The van der Waals surface area contributed by atoms with Crippen LogP contribution in [0.4, 0.5) is 0 Å². The number of hydrogen-bond donors (Lipinski definition) is 0. The molecule has 1 atom stereocenters. The van der Waals surface area contributed by atoms with Crippen molar-refractivity contribution in [1.29, 1.82) is 0 Å². The maximum atomic E-state index is 4.76. The molecule has 0 bridgehead atoms. The van der Waals surface area contributed by atoms with Crippen LogP contribution in [0, 0.1) is 13.8 Å². The van der Waals surface area contributed by atoms with Crippen molar-refractivity contribution in [2.75, 3.05) is 0 Å². The molecule has 3 rings (SSSR count). The minimum absolute atomic E-state index is 0.839. The van der Waals surface area contributed by atoms with Crippen molar-refractivity contribution in [3.05, 3.63) is 10.0 Å².